The van der Waals surface area contributed by atoms with Crippen molar-refractivity contribution >= 4 is 29.9 Å². The van der Waals surface area contributed by atoms with Gasteiger partial charge in [0.15, 0.2) is 5.96 Å². The highest BCUT2D eigenvalue weighted by atomic mass is 127. The van der Waals surface area contributed by atoms with Crippen LogP contribution in [0.15, 0.2) is 17.1 Å². The van der Waals surface area contributed by atoms with Gasteiger partial charge in [-0.3, -0.25) is 0 Å². The average molecular weight is 387 g/mol. The predicted molar refractivity (Wildman–Crippen MR) is 86.2 cm³/mol. The number of nitrogens with zero attached hydrogens (tertiary/aromatic N) is 1. The Hall–Kier alpha value is -0.400. The second-order valence-corrected chi connectivity index (χ2v) is 5.21. The number of aliphatic imine (C=N–C) groups is 1. The molecule has 1 rings (SSSR count). The number of nitrogens with one attached hydrogen (secondary N) is 1. The van der Waals surface area contributed by atoms with Gasteiger partial charge in [-0.2, -0.15) is 0 Å². The van der Waals surface area contributed by atoms with Crippen LogP contribution in [0.1, 0.15) is 39.0 Å². The van der Waals surface area contributed by atoms with E-state index in [2.05, 4.69) is 16.9 Å². The fraction of sp³-hybridized carbons (Fsp3) is 0.769. The van der Waals surface area contributed by atoms with Crippen molar-refractivity contribution < 1.29 is 8.78 Å². The first-order valence-corrected chi connectivity index (χ1v) is 6.45. The molecule has 112 valence electrons. The molecule has 3 nitrogen and oxygen atoms in total. The first kappa shape index (κ1) is 18.6. The summed E-state index contributed by atoms with van der Waals surface area (Å²) in [6.45, 7) is 6.53. The molecule has 0 heterocycles. The third-order valence-electron chi connectivity index (χ3n) is 3.08. The molecular weight excluding hydrogens is 363 g/mol. The van der Waals surface area contributed by atoms with Gasteiger partial charge in [0.05, 0.1) is 6.54 Å². The van der Waals surface area contributed by atoms with Crippen LogP contribution in [-0.2, 0) is 0 Å². The highest BCUT2D eigenvalue weighted by molar-refractivity contribution is 14.0. The van der Waals surface area contributed by atoms with E-state index in [0.717, 1.165) is 18.4 Å². The Bertz CT molecular complexity index is 319. The number of hydrogen-bond acceptors (Lipinski definition) is 1. The van der Waals surface area contributed by atoms with Crippen molar-refractivity contribution in [1.29, 1.82) is 0 Å². The van der Waals surface area contributed by atoms with Crippen LogP contribution >= 0.6 is 24.0 Å². The minimum atomic E-state index is -2.52. The lowest BCUT2D eigenvalue weighted by Crippen LogP contribution is -2.36. The van der Waals surface area contributed by atoms with Crippen molar-refractivity contribution in [3.8, 4) is 0 Å². The standard InChI is InChI=1S/C13H23F2N3.HI/c1-10(2)8-17-12(16)18-9-11-5-3-4-6-13(14,15)7-11;/h11H,1,3-9H2,2H3,(H3,16,17,18);1H. The molecule has 0 amide bonds. The molecule has 0 bridgehead atoms. The Morgan fingerprint density at radius 2 is 2.16 bits per heavy atom. The second kappa shape index (κ2) is 8.71. The van der Waals surface area contributed by atoms with Gasteiger partial charge in [0.2, 0.25) is 5.92 Å². The van der Waals surface area contributed by atoms with E-state index >= 15 is 0 Å². The molecule has 0 aromatic heterocycles. The van der Waals surface area contributed by atoms with Crippen molar-refractivity contribution in [1.82, 2.24) is 5.32 Å². The van der Waals surface area contributed by atoms with Crippen LogP contribution in [0.2, 0.25) is 0 Å². The highest BCUT2D eigenvalue weighted by Gasteiger charge is 2.34. The Morgan fingerprint density at radius 1 is 1.47 bits per heavy atom. The molecule has 3 N–H and O–H groups in total. The first-order chi connectivity index (χ1) is 8.39. The van der Waals surface area contributed by atoms with Crippen LogP contribution in [0.25, 0.3) is 0 Å². The second-order valence-electron chi connectivity index (χ2n) is 5.21. The van der Waals surface area contributed by atoms with Gasteiger partial charge in [-0.05, 0) is 25.7 Å². The molecule has 0 spiro atoms. The van der Waals surface area contributed by atoms with Gasteiger partial charge in [0, 0.05) is 19.4 Å². The summed E-state index contributed by atoms with van der Waals surface area (Å²) in [4.78, 5) is 4.06. The van der Waals surface area contributed by atoms with Crippen molar-refractivity contribution in [3.63, 3.8) is 0 Å². The van der Waals surface area contributed by atoms with E-state index in [1.54, 1.807) is 0 Å². The monoisotopic (exact) mass is 387 g/mol. The summed E-state index contributed by atoms with van der Waals surface area (Å²) < 4.78 is 26.8. The van der Waals surface area contributed by atoms with Gasteiger partial charge in [-0.25, -0.2) is 13.8 Å². The number of rotatable bonds is 4. The summed E-state index contributed by atoms with van der Waals surface area (Å²) in [6, 6.07) is 0. The molecule has 0 aromatic carbocycles. The Morgan fingerprint density at radius 3 is 2.79 bits per heavy atom. The van der Waals surface area contributed by atoms with Crippen LogP contribution in [0, 0.1) is 5.92 Å². The number of nitrogens with two attached hydrogens (primary N) is 1. The zero-order chi connectivity index (χ0) is 13.6. The minimum Gasteiger partial charge on any atom is -0.370 e. The number of hydrogen-bond donors (Lipinski definition) is 2. The van der Waals surface area contributed by atoms with Gasteiger partial charge < -0.3 is 11.1 Å². The van der Waals surface area contributed by atoms with Crippen LogP contribution in [0.5, 0.6) is 0 Å². The SMILES string of the molecule is C=C(C)CN=C(N)NCC1CCCCC(F)(F)C1.I. The molecule has 19 heavy (non-hydrogen) atoms. The maximum Gasteiger partial charge on any atom is 0.248 e. The van der Waals surface area contributed by atoms with Crippen LogP contribution in [-0.4, -0.2) is 25.0 Å². The van der Waals surface area contributed by atoms with Gasteiger partial charge in [-0.1, -0.05) is 18.6 Å². The molecule has 1 fully saturated rings. The molecule has 1 aliphatic carbocycles. The Kier molecular flexibility index (Phi) is 8.52. The van der Waals surface area contributed by atoms with Gasteiger partial charge >= 0.3 is 0 Å². The molecular formula is C13H24F2IN3. The van der Waals surface area contributed by atoms with Crippen molar-refractivity contribution in [3.05, 3.63) is 12.2 Å². The lowest BCUT2D eigenvalue weighted by atomic mass is 9.99. The fourth-order valence-electron chi connectivity index (χ4n) is 2.14. The number of guanidine groups is 1. The molecule has 1 saturated carbocycles. The van der Waals surface area contributed by atoms with E-state index < -0.39 is 5.92 Å². The summed E-state index contributed by atoms with van der Waals surface area (Å²) in [5.74, 6) is -2.24. The number of alkyl halides is 2. The predicted octanol–water partition coefficient (Wildman–Crippen LogP) is 3.30. The van der Waals surface area contributed by atoms with Gasteiger partial charge in [-0.15, -0.1) is 24.0 Å². The van der Waals surface area contributed by atoms with Crippen LogP contribution < -0.4 is 11.1 Å². The quantitative estimate of drug-likeness (QED) is 0.256. The lowest BCUT2D eigenvalue weighted by molar-refractivity contribution is -0.0245. The van der Waals surface area contributed by atoms with E-state index in [4.69, 9.17) is 5.73 Å². The zero-order valence-electron chi connectivity index (χ0n) is 11.4. The zero-order valence-corrected chi connectivity index (χ0v) is 13.8. The van der Waals surface area contributed by atoms with Crippen LogP contribution in [0.3, 0.4) is 0 Å². The highest BCUT2D eigenvalue weighted by Crippen LogP contribution is 2.34. The summed E-state index contributed by atoms with van der Waals surface area (Å²) in [5.41, 5.74) is 6.57. The maximum absolute atomic E-state index is 13.4. The molecule has 0 saturated heterocycles. The fourth-order valence-corrected chi connectivity index (χ4v) is 2.14. The molecule has 6 heteroatoms. The molecule has 0 aliphatic heterocycles. The van der Waals surface area contributed by atoms with Crippen LogP contribution in [0.4, 0.5) is 8.78 Å². The van der Waals surface area contributed by atoms with E-state index in [0.29, 0.717) is 25.5 Å². The van der Waals surface area contributed by atoms with E-state index in [1.807, 2.05) is 6.92 Å². The summed E-state index contributed by atoms with van der Waals surface area (Å²) >= 11 is 0. The summed E-state index contributed by atoms with van der Waals surface area (Å²) in [7, 11) is 0. The third kappa shape index (κ3) is 8.39. The summed E-state index contributed by atoms with van der Waals surface area (Å²) in [5, 5.41) is 2.93. The van der Waals surface area contributed by atoms with E-state index in [1.165, 1.54) is 0 Å². The molecule has 1 unspecified atom stereocenters. The van der Waals surface area contributed by atoms with E-state index in [-0.39, 0.29) is 42.7 Å². The topological polar surface area (TPSA) is 50.4 Å². The van der Waals surface area contributed by atoms with Crippen molar-refractivity contribution in [2.24, 2.45) is 16.6 Å². The first-order valence-electron chi connectivity index (χ1n) is 6.45. The average Bonchev–Trinajstić information content (AvgIpc) is 2.44. The molecule has 0 radical (unpaired) electrons. The normalized spacial score (nSPS) is 23.1. The van der Waals surface area contributed by atoms with Gasteiger partial charge in [0.25, 0.3) is 0 Å². The largest absolute Gasteiger partial charge is 0.370 e. The third-order valence-corrected chi connectivity index (χ3v) is 3.08. The minimum absolute atomic E-state index is 0. The number of halogens is 3. The van der Waals surface area contributed by atoms with Gasteiger partial charge in [0.1, 0.15) is 0 Å². The lowest BCUT2D eigenvalue weighted by Gasteiger charge is -2.20. The summed E-state index contributed by atoms with van der Waals surface area (Å²) in [6.07, 6.45) is 2.28. The van der Waals surface area contributed by atoms with Crippen molar-refractivity contribution in [2.45, 2.75) is 45.0 Å². The molecule has 1 atom stereocenters. The molecule has 1 aliphatic rings. The van der Waals surface area contributed by atoms with E-state index in [9.17, 15) is 8.78 Å². The Balaban J connectivity index is 0.00000324. The molecule has 0 aromatic rings. The maximum atomic E-state index is 13.4. The Labute approximate surface area is 131 Å². The smallest absolute Gasteiger partial charge is 0.248 e. The van der Waals surface area contributed by atoms with Crippen molar-refractivity contribution in [2.75, 3.05) is 13.1 Å².